The largest absolute Gasteiger partial charge is 0.391 e. The van der Waals surface area contributed by atoms with Crippen LogP contribution in [-0.4, -0.2) is 24.0 Å². The van der Waals surface area contributed by atoms with E-state index in [4.69, 9.17) is 5.11 Å². The summed E-state index contributed by atoms with van der Waals surface area (Å²) in [4.78, 5) is 4.07. The number of rotatable bonds is 3. The Labute approximate surface area is 72.6 Å². The molecule has 0 saturated carbocycles. The Balaban J connectivity index is 2.47. The number of hydrogen-bond donors (Lipinski definition) is 1. The molecule has 12 heavy (non-hydrogen) atoms. The topological polar surface area (TPSA) is 32.6 Å². The molecule has 0 aliphatic rings. The standard InChI is InChI=1S/C10H13NO/c1-9(12)7-11-8-10-5-3-2-4-6-10/h2-6,8-9,12H,7H2,1H3/t9-/m0/s1. The predicted octanol–water partition coefficient (Wildman–Crippen LogP) is 1.49. The summed E-state index contributed by atoms with van der Waals surface area (Å²) >= 11 is 0. The SMILES string of the molecule is C[C@H](O)CN=Cc1ccccc1. The lowest BCUT2D eigenvalue weighted by atomic mass is 10.2. The first kappa shape index (κ1) is 8.94. The van der Waals surface area contributed by atoms with Crippen LogP contribution in [0.5, 0.6) is 0 Å². The van der Waals surface area contributed by atoms with Crippen molar-refractivity contribution in [2.45, 2.75) is 13.0 Å². The van der Waals surface area contributed by atoms with Gasteiger partial charge in [0.05, 0.1) is 12.6 Å². The minimum Gasteiger partial charge on any atom is -0.391 e. The molecule has 0 aliphatic heterocycles. The molecular formula is C10H13NO. The summed E-state index contributed by atoms with van der Waals surface area (Å²) in [6, 6.07) is 9.84. The first-order valence-electron chi connectivity index (χ1n) is 4.02. The van der Waals surface area contributed by atoms with Crippen molar-refractivity contribution in [2.24, 2.45) is 4.99 Å². The molecule has 0 aromatic heterocycles. The fourth-order valence-electron chi connectivity index (χ4n) is 0.850. The van der Waals surface area contributed by atoms with Crippen LogP contribution in [0.15, 0.2) is 35.3 Å². The van der Waals surface area contributed by atoms with Crippen molar-refractivity contribution in [1.29, 1.82) is 0 Å². The van der Waals surface area contributed by atoms with E-state index < -0.39 is 0 Å². The molecule has 1 atom stereocenters. The van der Waals surface area contributed by atoms with E-state index in [1.807, 2.05) is 30.3 Å². The highest BCUT2D eigenvalue weighted by atomic mass is 16.3. The van der Waals surface area contributed by atoms with Crippen LogP contribution in [0.3, 0.4) is 0 Å². The van der Waals surface area contributed by atoms with Crippen LogP contribution >= 0.6 is 0 Å². The number of aliphatic imine (C=N–C) groups is 1. The van der Waals surface area contributed by atoms with Gasteiger partial charge in [0.2, 0.25) is 0 Å². The maximum atomic E-state index is 8.92. The molecule has 2 heteroatoms. The summed E-state index contributed by atoms with van der Waals surface area (Å²) in [7, 11) is 0. The highest BCUT2D eigenvalue weighted by Gasteiger charge is 1.89. The maximum absolute atomic E-state index is 8.92. The minimum absolute atomic E-state index is 0.357. The highest BCUT2D eigenvalue weighted by molar-refractivity contribution is 5.79. The molecule has 0 fully saturated rings. The Bertz CT molecular complexity index is 241. The Morgan fingerprint density at radius 3 is 2.67 bits per heavy atom. The molecule has 64 valence electrons. The zero-order valence-corrected chi connectivity index (χ0v) is 7.14. The van der Waals surface area contributed by atoms with Crippen molar-refractivity contribution in [3.8, 4) is 0 Å². The van der Waals surface area contributed by atoms with Crippen LogP contribution in [0.2, 0.25) is 0 Å². The summed E-state index contributed by atoms with van der Waals surface area (Å²) < 4.78 is 0. The van der Waals surface area contributed by atoms with E-state index in [1.54, 1.807) is 13.1 Å². The second-order valence-corrected chi connectivity index (χ2v) is 2.75. The van der Waals surface area contributed by atoms with Crippen molar-refractivity contribution in [2.75, 3.05) is 6.54 Å². The summed E-state index contributed by atoms with van der Waals surface area (Å²) in [6.45, 7) is 2.19. The molecule has 0 amide bonds. The third-order valence-corrected chi connectivity index (χ3v) is 1.41. The monoisotopic (exact) mass is 163 g/mol. The first-order chi connectivity index (χ1) is 5.79. The van der Waals surface area contributed by atoms with Crippen LogP contribution in [0.1, 0.15) is 12.5 Å². The van der Waals surface area contributed by atoms with E-state index in [2.05, 4.69) is 4.99 Å². The molecule has 1 N–H and O–H groups in total. The minimum atomic E-state index is -0.357. The number of benzene rings is 1. The fourth-order valence-corrected chi connectivity index (χ4v) is 0.850. The highest BCUT2D eigenvalue weighted by Crippen LogP contribution is 1.94. The maximum Gasteiger partial charge on any atom is 0.0707 e. The molecule has 1 aromatic rings. The zero-order chi connectivity index (χ0) is 8.81. The lowest BCUT2D eigenvalue weighted by Gasteiger charge is -1.96. The van der Waals surface area contributed by atoms with Crippen LogP contribution < -0.4 is 0 Å². The Morgan fingerprint density at radius 1 is 1.42 bits per heavy atom. The normalized spacial score (nSPS) is 13.5. The second kappa shape index (κ2) is 4.67. The van der Waals surface area contributed by atoms with E-state index in [0.29, 0.717) is 6.54 Å². The Kier molecular flexibility index (Phi) is 3.48. The van der Waals surface area contributed by atoms with Gasteiger partial charge in [0.25, 0.3) is 0 Å². The molecule has 1 rings (SSSR count). The van der Waals surface area contributed by atoms with E-state index >= 15 is 0 Å². The molecule has 0 heterocycles. The molecule has 1 aromatic carbocycles. The Hall–Kier alpha value is -1.15. The molecule has 0 unspecified atom stereocenters. The van der Waals surface area contributed by atoms with Gasteiger partial charge < -0.3 is 5.11 Å². The number of nitrogens with zero attached hydrogens (tertiary/aromatic N) is 1. The lowest BCUT2D eigenvalue weighted by molar-refractivity contribution is 0.204. The van der Waals surface area contributed by atoms with Gasteiger partial charge in [-0.15, -0.1) is 0 Å². The molecule has 0 spiro atoms. The second-order valence-electron chi connectivity index (χ2n) is 2.75. The quantitative estimate of drug-likeness (QED) is 0.673. The van der Waals surface area contributed by atoms with Crippen LogP contribution in [0.4, 0.5) is 0 Å². The number of aliphatic hydroxyl groups is 1. The number of hydrogen-bond acceptors (Lipinski definition) is 2. The van der Waals surface area contributed by atoms with E-state index in [1.165, 1.54) is 0 Å². The predicted molar refractivity (Wildman–Crippen MR) is 50.6 cm³/mol. The van der Waals surface area contributed by atoms with Crippen LogP contribution in [0.25, 0.3) is 0 Å². The molecule has 0 aliphatic carbocycles. The van der Waals surface area contributed by atoms with Gasteiger partial charge in [0.1, 0.15) is 0 Å². The van der Waals surface area contributed by atoms with Gasteiger partial charge in [0.15, 0.2) is 0 Å². The van der Waals surface area contributed by atoms with Crippen molar-refractivity contribution >= 4 is 6.21 Å². The number of aliphatic hydroxyl groups excluding tert-OH is 1. The van der Waals surface area contributed by atoms with Crippen molar-refractivity contribution in [3.63, 3.8) is 0 Å². The third-order valence-electron chi connectivity index (χ3n) is 1.41. The molecule has 0 bridgehead atoms. The lowest BCUT2D eigenvalue weighted by Crippen LogP contribution is -2.03. The van der Waals surface area contributed by atoms with Crippen LogP contribution in [0, 0.1) is 0 Å². The molecular weight excluding hydrogens is 150 g/mol. The van der Waals surface area contributed by atoms with Crippen molar-refractivity contribution in [1.82, 2.24) is 0 Å². The van der Waals surface area contributed by atoms with Gasteiger partial charge in [-0.05, 0) is 12.5 Å². The van der Waals surface area contributed by atoms with Crippen molar-refractivity contribution in [3.05, 3.63) is 35.9 Å². The Morgan fingerprint density at radius 2 is 2.08 bits per heavy atom. The van der Waals surface area contributed by atoms with Gasteiger partial charge in [-0.3, -0.25) is 4.99 Å². The average molecular weight is 163 g/mol. The smallest absolute Gasteiger partial charge is 0.0707 e. The van der Waals surface area contributed by atoms with E-state index in [9.17, 15) is 0 Å². The van der Waals surface area contributed by atoms with E-state index in [-0.39, 0.29) is 6.10 Å². The van der Waals surface area contributed by atoms with Gasteiger partial charge >= 0.3 is 0 Å². The fraction of sp³-hybridized carbons (Fsp3) is 0.300. The average Bonchev–Trinajstić information content (AvgIpc) is 2.05. The van der Waals surface area contributed by atoms with Gasteiger partial charge in [0, 0.05) is 6.21 Å². The van der Waals surface area contributed by atoms with Crippen LogP contribution in [-0.2, 0) is 0 Å². The van der Waals surface area contributed by atoms with Gasteiger partial charge in [-0.2, -0.15) is 0 Å². The van der Waals surface area contributed by atoms with E-state index in [0.717, 1.165) is 5.56 Å². The molecule has 2 nitrogen and oxygen atoms in total. The zero-order valence-electron chi connectivity index (χ0n) is 7.14. The van der Waals surface area contributed by atoms with Gasteiger partial charge in [-0.25, -0.2) is 0 Å². The summed E-state index contributed by atoms with van der Waals surface area (Å²) in [5, 5.41) is 8.92. The third kappa shape index (κ3) is 3.30. The molecule has 0 radical (unpaired) electrons. The summed E-state index contributed by atoms with van der Waals surface area (Å²) in [5.74, 6) is 0. The van der Waals surface area contributed by atoms with Crippen molar-refractivity contribution < 1.29 is 5.11 Å². The first-order valence-corrected chi connectivity index (χ1v) is 4.02. The van der Waals surface area contributed by atoms with Gasteiger partial charge in [-0.1, -0.05) is 30.3 Å². The molecule has 0 saturated heterocycles. The summed E-state index contributed by atoms with van der Waals surface area (Å²) in [5.41, 5.74) is 1.07. The summed E-state index contributed by atoms with van der Waals surface area (Å²) in [6.07, 6.45) is 1.41.